The molecule has 29 heavy (non-hydrogen) atoms. The Morgan fingerprint density at radius 1 is 1.24 bits per heavy atom. The first kappa shape index (κ1) is 21.8. The maximum absolute atomic E-state index is 13.9. The van der Waals surface area contributed by atoms with Gasteiger partial charge in [-0.05, 0) is 38.3 Å². The fourth-order valence-electron chi connectivity index (χ4n) is 3.85. The predicted molar refractivity (Wildman–Crippen MR) is 113 cm³/mol. The minimum atomic E-state index is -0.292. The Morgan fingerprint density at radius 3 is 2.62 bits per heavy atom. The van der Waals surface area contributed by atoms with Crippen LogP contribution in [0.15, 0.2) is 23.2 Å². The van der Waals surface area contributed by atoms with Crippen LogP contribution in [-0.2, 0) is 16.0 Å². The lowest BCUT2D eigenvalue weighted by molar-refractivity contribution is -0.140. The fraction of sp³-hybridized carbons (Fsp3) is 0.619. The number of rotatable bonds is 5. The van der Waals surface area contributed by atoms with Crippen molar-refractivity contribution in [1.29, 1.82) is 0 Å². The molecule has 2 aliphatic heterocycles. The molecular formula is C21H30ClFN4O2. The topological polar surface area (TPSA) is 57.2 Å². The molecule has 6 nitrogen and oxygen atoms in total. The van der Waals surface area contributed by atoms with Crippen LogP contribution in [0.1, 0.15) is 25.3 Å². The number of carbonyl (C=O) groups excluding carboxylic acids is 1. The Morgan fingerprint density at radius 2 is 1.97 bits per heavy atom. The number of halogens is 2. The van der Waals surface area contributed by atoms with Crippen molar-refractivity contribution in [3.8, 4) is 0 Å². The molecule has 0 unspecified atom stereocenters. The van der Waals surface area contributed by atoms with Crippen molar-refractivity contribution < 1.29 is 13.9 Å². The molecule has 2 fully saturated rings. The number of morpholine rings is 1. The molecular weight excluding hydrogens is 395 g/mol. The molecule has 8 heteroatoms. The summed E-state index contributed by atoms with van der Waals surface area (Å²) in [4.78, 5) is 21.5. The van der Waals surface area contributed by atoms with Gasteiger partial charge in [-0.25, -0.2) is 4.39 Å². The number of likely N-dealkylation sites (tertiary alicyclic amines) is 1. The standard InChI is InChI=1S/C21H30ClFN4O2/c1-2-24-21(25-9-6-17-18(22)4-3-5-19(17)23)27-10-7-16(8-11-27)20(28)26-12-14-29-15-13-26/h3-5,16H,2,6-15H2,1H3,(H,24,25). The van der Waals surface area contributed by atoms with E-state index in [-0.39, 0.29) is 17.6 Å². The quantitative estimate of drug-likeness (QED) is 0.583. The largest absolute Gasteiger partial charge is 0.378 e. The number of ether oxygens (including phenoxy) is 1. The first-order valence-electron chi connectivity index (χ1n) is 10.4. The molecule has 1 N–H and O–H groups in total. The van der Waals surface area contributed by atoms with E-state index in [4.69, 9.17) is 16.3 Å². The molecule has 1 amide bonds. The summed E-state index contributed by atoms with van der Waals surface area (Å²) in [5.41, 5.74) is 0.503. The Hall–Kier alpha value is -1.86. The van der Waals surface area contributed by atoms with E-state index in [9.17, 15) is 9.18 Å². The average Bonchev–Trinajstić information content (AvgIpc) is 2.75. The van der Waals surface area contributed by atoms with E-state index >= 15 is 0 Å². The van der Waals surface area contributed by atoms with E-state index in [1.54, 1.807) is 12.1 Å². The van der Waals surface area contributed by atoms with Crippen molar-refractivity contribution in [1.82, 2.24) is 15.1 Å². The fourth-order valence-corrected chi connectivity index (χ4v) is 4.11. The van der Waals surface area contributed by atoms with Crippen molar-refractivity contribution in [3.05, 3.63) is 34.6 Å². The zero-order valence-corrected chi connectivity index (χ0v) is 17.8. The van der Waals surface area contributed by atoms with Crippen molar-refractivity contribution in [2.75, 3.05) is 52.5 Å². The van der Waals surface area contributed by atoms with Gasteiger partial charge in [-0.15, -0.1) is 0 Å². The number of piperidine rings is 1. The maximum Gasteiger partial charge on any atom is 0.225 e. The third kappa shape index (κ3) is 5.82. The predicted octanol–water partition coefficient (Wildman–Crippen LogP) is 2.56. The number of carbonyl (C=O) groups is 1. The van der Waals surface area contributed by atoms with Gasteiger partial charge in [-0.2, -0.15) is 0 Å². The number of hydrogen-bond donors (Lipinski definition) is 1. The van der Waals surface area contributed by atoms with Gasteiger partial charge >= 0.3 is 0 Å². The number of hydrogen-bond acceptors (Lipinski definition) is 3. The summed E-state index contributed by atoms with van der Waals surface area (Å²) in [6, 6.07) is 4.73. The third-order valence-corrected chi connectivity index (χ3v) is 5.84. The van der Waals surface area contributed by atoms with E-state index in [2.05, 4.69) is 15.2 Å². The second-order valence-electron chi connectivity index (χ2n) is 7.38. The van der Waals surface area contributed by atoms with Gasteiger partial charge < -0.3 is 19.9 Å². The molecule has 0 bridgehead atoms. The average molecular weight is 425 g/mol. The van der Waals surface area contributed by atoms with Crippen LogP contribution in [0.2, 0.25) is 5.02 Å². The molecule has 160 valence electrons. The summed E-state index contributed by atoms with van der Waals surface area (Å²) >= 11 is 6.11. The number of aliphatic imine (C=N–C) groups is 1. The molecule has 0 radical (unpaired) electrons. The summed E-state index contributed by atoms with van der Waals surface area (Å²) in [6.45, 7) is 7.46. The molecule has 1 aromatic carbocycles. The van der Waals surface area contributed by atoms with Crippen LogP contribution in [0.25, 0.3) is 0 Å². The molecule has 0 saturated carbocycles. The van der Waals surface area contributed by atoms with Crippen LogP contribution >= 0.6 is 11.6 Å². The van der Waals surface area contributed by atoms with Crippen LogP contribution < -0.4 is 5.32 Å². The van der Waals surface area contributed by atoms with Crippen molar-refractivity contribution in [2.45, 2.75) is 26.2 Å². The minimum absolute atomic E-state index is 0.0736. The zero-order valence-electron chi connectivity index (χ0n) is 17.0. The lowest BCUT2D eigenvalue weighted by atomic mass is 9.95. The summed E-state index contributed by atoms with van der Waals surface area (Å²) in [7, 11) is 0. The van der Waals surface area contributed by atoms with Crippen molar-refractivity contribution in [3.63, 3.8) is 0 Å². The summed E-state index contributed by atoms with van der Waals surface area (Å²) < 4.78 is 19.3. The molecule has 0 spiro atoms. The summed E-state index contributed by atoms with van der Waals surface area (Å²) in [6.07, 6.45) is 2.09. The smallest absolute Gasteiger partial charge is 0.225 e. The van der Waals surface area contributed by atoms with E-state index < -0.39 is 0 Å². The van der Waals surface area contributed by atoms with Gasteiger partial charge in [0.05, 0.1) is 13.2 Å². The second kappa shape index (κ2) is 10.8. The van der Waals surface area contributed by atoms with Gasteiger partial charge in [0.1, 0.15) is 5.82 Å². The van der Waals surface area contributed by atoms with Gasteiger partial charge in [0.15, 0.2) is 5.96 Å². The molecule has 1 aromatic rings. The molecule has 0 aliphatic carbocycles. The highest BCUT2D eigenvalue weighted by Crippen LogP contribution is 2.21. The van der Waals surface area contributed by atoms with E-state index in [0.717, 1.165) is 38.4 Å². The highest BCUT2D eigenvalue weighted by atomic mass is 35.5. The van der Waals surface area contributed by atoms with Gasteiger partial charge in [0.2, 0.25) is 5.91 Å². The lowest BCUT2D eigenvalue weighted by Gasteiger charge is -2.36. The SMILES string of the molecule is CCNC(=NCCc1c(F)cccc1Cl)N1CCC(C(=O)N2CCOCC2)CC1. The Bertz CT molecular complexity index is 696. The lowest BCUT2D eigenvalue weighted by Crippen LogP contribution is -2.50. The molecule has 2 saturated heterocycles. The van der Waals surface area contributed by atoms with E-state index in [1.165, 1.54) is 6.07 Å². The van der Waals surface area contributed by atoms with E-state index in [0.29, 0.717) is 49.9 Å². The number of guanidine groups is 1. The highest BCUT2D eigenvalue weighted by molar-refractivity contribution is 6.31. The van der Waals surface area contributed by atoms with Crippen LogP contribution in [0.4, 0.5) is 4.39 Å². The minimum Gasteiger partial charge on any atom is -0.378 e. The molecule has 0 aromatic heterocycles. The highest BCUT2D eigenvalue weighted by Gasteiger charge is 2.30. The number of nitrogens with zero attached hydrogens (tertiary/aromatic N) is 3. The summed E-state index contributed by atoms with van der Waals surface area (Å²) in [5, 5.41) is 3.75. The molecule has 2 heterocycles. The number of amides is 1. The van der Waals surface area contributed by atoms with Crippen molar-refractivity contribution >= 4 is 23.5 Å². The molecule has 2 aliphatic rings. The van der Waals surface area contributed by atoms with Gasteiger partial charge in [-0.1, -0.05) is 17.7 Å². The first-order valence-corrected chi connectivity index (χ1v) is 10.8. The Labute approximate surface area is 177 Å². The monoisotopic (exact) mass is 424 g/mol. The number of benzene rings is 1. The zero-order chi connectivity index (χ0) is 20.6. The molecule has 3 rings (SSSR count). The molecule has 0 atom stereocenters. The maximum atomic E-state index is 13.9. The van der Waals surface area contributed by atoms with Crippen LogP contribution in [0.5, 0.6) is 0 Å². The van der Waals surface area contributed by atoms with Crippen LogP contribution in [0.3, 0.4) is 0 Å². The third-order valence-electron chi connectivity index (χ3n) is 5.49. The first-order chi connectivity index (χ1) is 14.1. The van der Waals surface area contributed by atoms with Gasteiger partial charge in [0.25, 0.3) is 0 Å². The second-order valence-corrected chi connectivity index (χ2v) is 7.79. The number of nitrogens with one attached hydrogen (secondary N) is 1. The van der Waals surface area contributed by atoms with E-state index in [1.807, 2.05) is 11.8 Å². The van der Waals surface area contributed by atoms with Gasteiger partial charge in [-0.3, -0.25) is 9.79 Å². The Balaban J connectivity index is 1.54. The Kier molecular flexibility index (Phi) is 8.12. The van der Waals surface area contributed by atoms with Crippen molar-refractivity contribution in [2.24, 2.45) is 10.9 Å². The normalized spacial score (nSPS) is 18.8. The van der Waals surface area contributed by atoms with Gasteiger partial charge in [0, 0.05) is 55.8 Å². The summed E-state index contributed by atoms with van der Waals surface area (Å²) in [5.74, 6) is 0.853. The van der Waals surface area contributed by atoms with Crippen LogP contribution in [-0.4, -0.2) is 74.1 Å². The van der Waals surface area contributed by atoms with Crippen LogP contribution in [0, 0.1) is 11.7 Å².